The summed E-state index contributed by atoms with van der Waals surface area (Å²) >= 11 is 1.71. The summed E-state index contributed by atoms with van der Waals surface area (Å²) in [5, 5.41) is 19.7. The summed E-state index contributed by atoms with van der Waals surface area (Å²) in [5.74, 6) is 0.0684. The van der Waals surface area contributed by atoms with Gasteiger partial charge in [0.1, 0.15) is 11.9 Å². The fraction of sp³-hybridized carbons (Fsp3) is 0.348. The second-order valence-corrected chi connectivity index (χ2v) is 8.93. The zero-order chi connectivity index (χ0) is 20.5. The Morgan fingerprint density at radius 2 is 2.23 bits per heavy atom. The Morgan fingerprint density at radius 3 is 3.00 bits per heavy atom. The highest BCUT2D eigenvalue weighted by Gasteiger charge is 2.30. The number of fused-ring (bicyclic) bond motifs is 1. The molecule has 0 amide bonds. The minimum Gasteiger partial charge on any atom is -0.311 e. The second kappa shape index (κ2) is 8.21. The van der Waals surface area contributed by atoms with Crippen LogP contribution in [0.3, 0.4) is 0 Å². The first-order valence-corrected chi connectivity index (χ1v) is 11.2. The summed E-state index contributed by atoms with van der Waals surface area (Å²) < 4.78 is 14.4. The minimum absolute atomic E-state index is 0.0686. The van der Waals surface area contributed by atoms with Crippen LogP contribution in [0.5, 0.6) is 0 Å². The number of aliphatic imine (C=N–C) groups is 1. The quantitative estimate of drug-likeness (QED) is 0.815. The smallest absolute Gasteiger partial charge is 0.141 e. The molecule has 0 saturated carbocycles. The third-order valence-electron chi connectivity index (χ3n) is 5.99. The van der Waals surface area contributed by atoms with Gasteiger partial charge in [0.15, 0.2) is 0 Å². The third kappa shape index (κ3) is 3.62. The summed E-state index contributed by atoms with van der Waals surface area (Å²) in [4.78, 5) is 4.42. The van der Waals surface area contributed by atoms with E-state index in [0.29, 0.717) is 12.5 Å². The van der Waals surface area contributed by atoms with Gasteiger partial charge in [0, 0.05) is 19.0 Å². The van der Waals surface area contributed by atoms with Crippen molar-refractivity contribution in [1.29, 1.82) is 5.26 Å². The molecule has 3 aliphatic heterocycles. The molecule has 3 heterocycles. The fourth-order valence-electron chi connectivity index (χ4n) is 4.50. The van der Waals surface area contributed by atoms with Gasteiger partial charge in [-0.1, -0.05) is 24.3 Å². The number of nitriles is 1. The van der Waals surface area contributed by atoms with Crippen molar-refractivity contribution in [3.63, 3.8) is 0 Å². The Hall–Kier alpha value is -2.69. The molecule has 2 atom stereocenters. The molecule has 30 heavy (non-hydrogen) atoms. The molecule has 1 fully saturated rings. The van der Waals surface area contributed by atoms with E-state index in [0.717, 1.165) is 43.7 Å². The normalized spacial score (nSPS) is 22.7. The molecule has 5 rings (SSSR count). The number of benzene rings is 2. The van der Waals surface area contributed by atoms with Crippen LogP contribution in [0.15, 0.2) is 46.5 Å². The van der Waals surface area contributed by atoms with Crippen LogP contribution in [0, 0.1) is 23.1 Å². The molecule has 2 aromatic rings. The topological polar surface area (TPSA) is 63.8 Å². The number of thioether (sulfide) groups is 1. The number of hydrogen-bond donors (Lipinski definition) is 1. The van der Waals surface area contributed by atoms with Crippen molar-refractivity contribution in [2.45, 2.75) is 18.2 Å². The van der Waals surface area contributed by atoms with E-state index in [9.17, 15) is 4.39 Å². The van der Waals surface area contributed by atoms with Crippen molar-refractivity contribution in [1.82, 2.24) is 10.3 Å². The van der Waals surface area contributed by atoms with E-state index >= 15 is 0 Å². The van der Waals surface area contributed by atoms with Gasteiger partial charge < -0.3 is 5.32 Å². The van der Waals surface area contributed by atoms with Gasteiger partial charge in [-0.15, -0.1) is 11.8 Å². The molecule has 0 bridgehead atoms. The van der Waals surface area contributed by atoms with E-state index in [4.69, 9.17) is 10.4 Å². The Bertz CT molecular complexity index is 1070. The SMILES string of the molecule is N#Cc1ccc(-c2cccc(CN3CC4CCNCC4=N3)c2C2CN=CS2)cc1F. The number of halogens is 1. The van der Waals surface area contributed by atoms with E-state index < -0.39 is 5.82 Å². The average Bonchev–Trinajstić information content (AvgIpc) is 3.43. The number of rotatable bonds is 4. The number of hydrazone groups is 1. The highest BCUT2D eigenvalue weighted by Crippen LogP contribution is 2.41. The van der Waals surface area contributed by atoms with Crippen molar-refractivity contribution in [2.24, 2.45) is 16.0 Å². The summed E-state index contributed by atoms with van der Waals surface area (Å²) in [6.07, 6.45) is 1.14. The van der Waals surface area contributed by atoms with E-state index in [1.807, 2.05) is 29.8 Å². The van der Waals surface area contributed by atoms with Gasteiger partial charge in [0.25, 0.3) is 0 Å². The van der Waals surface area contributed by atoms with Crippen molar-refractivity contribution >= 4 is 23.0 Å². The second-order valence-electron chi connectivity index (χ2n) is 7.88. The van der Waals surface area contributed by atoms with Crippen LogP contribution in [-0.4, -0.2) is 42.4 Å². The fourth-order valence-corrected chi connectivity index (χ4v) is 5.41. The molecule has 0 aliphatic carbocycles. The van der Waals surface area contributed by atoms with Crippen LogP contribution >= 0.6 is 11.8 Å². The van der Waals surface area contributed by atoms with Gasteiger partial charge >= 0.3 is 0 Å². The molecule has 7 heteroatoms. The van der Waals surface area contributed by atoms with Crippen LogP contribution in [0.2, 0.25) is 0 Å². The largest absolute Gasteiger partial charge is 0.311 e. The lowest BCUT2D eigenvalue weighted by Gasteiger charge is -2.23. The molecule has 0 radical (unpaired) electrons. The van der Waals surface area contributed by atoms with Crippen molar-refractivity contribution < 1.29 is 4.39 Å². The maximum Gasteiger partial charge on any atom is 0.141 e. The van der Waals surface area contributed by atoms with Gasteiger partial charge in [-0.25, -0.2) is 4.39 Å². The summed E-state index contributed by atoms with van der Waals surface area (Å²) in [5.41, 5.74) is 7.42. The standard InChI is InChI=1S/C23H22FN5S/c24-20-8-15(4-5-16(20)9-25)19-3-1-2-18(23(19)22-11-27-14-30-22)13-29-12-17-6-7-26-10-21(17)28-29/h1-5,8,14,17,22,26H,6-7,10-13H2. The van der Waals surface area contributed by atoms with Gasteiger partial charge in [-0.05, 0) is 47.4 Å². The van der Waals surface area contributed by atoms with Gasteiger partial charge in [-0.3, -0.25) is 10.0 Å². The maximum absolute atomic E-state index is 14.4. The van der Waals surface area contributed by atoms with Crippen LogP contribution in [0.25, 0.3) is 11.1 Å². The Morgan fingerprint density at radius 1 is 1.30 bits per heavy atom. The molecule has 0 spiro atoms. The van der Waals surface area contributed by atoms with Crippen LogP contribution < -0.4 is 5.32 Å². The molecule has 3 aliphatic rings. The van der Waals surface area contributed by atoms with E-state index in [1.54, 1.807) is 17.8 Å². The molecule has 5 nitrogen and oxygen atoms in total. The van der Waals surface area contributed by atoms with Crippen LogP contribution in [0.1, 0.15) is 28.4 Å². The highest BCUT2D eigenvalue weighted by atomic mass is 32.2. The summed E-state index contributed by atoms with van der Waals surface area (Å²) in [6, 6.07) is 13.0. The first kappa shape index (κ1) is 19.3. The number of nitrogens with one attached hydrogen (secondary N) is 1. The van der Waals surface area contributed by atoms with E-state index in [-0.39, 0.29) is 10.8 Å². The lowest BCUT2D eigenvalue weighted by atomic mass is 9.92. The summed E-state index contributed by atoms with van der Waals surface area (Å²) in [7, 11) is 0. The van der Waals surface area contributed by atoms with Gasteiger partial charge in [0.05, 0.1) is 35.2 Å². The van der Waals surface area contributed by atoms with Crippen molar-refractivity contribution in [3.05, 3.63) is 58.9 Å². The molecule has 0 aromatic heterocycles. The summed E-state index contributed by atoms with van der Waals surface area (Å²) in [6.45, 7) is 4.34. The maximum atomic E-state index is 14.4. The first-order chi connectivity index (χ1) is 14.7. The zero-order valence-corrected chi connectivity index (χ0v) is 17.3. The zero-order valence-electron chi connectivity index (χ0n) is 16.5. The first-order valence-electron chi connectivity index (χ1n) is 10.2. The number of hydrogen-bond acceptors (Lipinski definition) is 6. The molecule has 1 saturated heterocycles. The molecule has 1 N–H and O–H groups in total. The third-order valence-corrected chi connectivity index (χ3v) is 6.97. The minimum atomic E-state index is -0.482. The molecule has 2 aromatic carbocycles. The Labute approximate surface area is 179 Å². The molecule has 2 unspecified atom stereocenters. The van der Waals surface area contributed by atoms with E-state index in [2.05, 4.69) is 21.4 Å². The highest BCUT2D eigenvalue weighted by molar-refractivity contribution is 8.12. The predicted molar refractivity (Wildman–Crippen MR) is 119 cm³/mol. The van der Waals surface area contributed by atoms with Crippen LogP contribution in [0.4, 0.5) is 4.39 Å². The van der Waals surface area contributed by atoms with E-state index in [1.165, 1.54) is 22.9 Å². The Kier molecular flexibility index (Phi) is 5.28. The monoisotopic (exact) mass is 419 g/mol. The van der Waals surface area contributed by atoms with Gasteiger partial charge in [-0.2, -0.15) is 10.4 Å². The number of piperidine rings is 1. The lowest BCUT2D eigenvalue weighted by Crippen LogP contribution is -2.36. The molecule has 152 valence electrons. The van der Waals surface area contributed by atoms with Gasteiger partial charge in [0.2, 0.25) is 0 Å². The molecular formula is C23H22FN5S. The number of nitrogens with zero attached hydrogens (tertiary/aromatic N) is 4. The molecular weight excluding hydrogens is 397 g/mol. The predicted octanol–water partition coefficient (Wildman–Crippen LogP) is 3.96. The lowest BCUT2D eigenvalue weighted by molar-refractivity contribution is 0.282. The Balaban J connectivity index is 1.52. The average molecular weight is 420 g/mol. The van der Waals surface area contributed by atoms with Crippen LogP contribution in [-0.2, 0) is 6.54 Å². The van der Waals surface area contributed by atoms with Crippen molar-refractivity contribution in [3.8, 4) is 17.2 Å². The van der Waals surface area contributed by atoms with Crippen molar-refractivity contribution in [2.75, 3.05) is 26.2 Å².